The molecule has 0 radical (unpaired) electrons. The average molecular weight is 661 g/mol. The maximum atomic E-state index is 13.6. The molecule has 4 aromatic rings. The van der Waals surface area contributed by atoms with Crippen LogP contribution in [0.3, 0.4) is 0 Å². The van der Waals surface area contributed by atoms with Gasteiger partial charge in [0.2, 0.25) is 0 Å². The van der Waals surface area contributed by atoms with Gasteiger partial charge < -0.3 is 26.4 Å². The highest BCUT2D eigenvalue weighted by Gasteiger charge is 2.40. The number of nitrogens with one attached hydrogen (secondary N) is 2. The predicted octanol–water partition coefficient (Wildman–Crippen LogP) is 2.53. The van der Waals surface area contributed by atoms with Crippen LogP contribution in [0.4, 0.5) is 24.7 Å². The van der Waals surface area contributed by atoms with E-state index in [4.69, 9.17) is 27.8 Å². The molecule has 3 atom stereocenters. The largest absolute Gasteiger partial charge is 0.437 e. The summed E-state index contributed by atoms with van der Waals surface area (Å²) in [6.45, 7) is 0.676. The summed E-state index contributed by atoms with van der Waals surface area (Å²) in [5.74, 6) is -2.62. The van der Waals surface area contributed by atoms with E-state index in [1.807, 2.05) is 10.00 Å². The Balaban J connectivity index is 1.20. The van der Waals surface area contributed by atoms with E-state index < -0.39 is 35.9 Å². The van der Waals surface area contributed by atoms with Gasteiger partial charge in [0.05, 0.1) is 40.8 Å². The number of rotatable bonds is 6. The van der Waals surface area contributed by atoms with E-state index in [0.717, 1.165) is 19.0 Å². The Morgan fingerprint density at radius 1 is 1.13 bits per heavy atom. The lowest BCUT2D eigenvalue weighted by Crippen LogP contribution is -2.59. The van der Waals surface area contributed by atoms with Crippen molar-refractivity contribution < 1.29 is 32.3 Å². The van der Waals surface area contributed by atoms with Crippen LogP contribution in [0.5, 0.6) is 0 Å². The maximum Gasteiger partial charge on any atom is 0.433 e. The van der Waals surface area contributed by atoms with Crippen LogP contribution in [-0.4, -0.2) is 90.1 Å². The van der Waals surface area contributed by atoms with Gasteiger partial charge in [-0.15, -0.1) is 0 Å². The molecule has 4 heterocycles. The van der Waals surface area contributed by atoms with Crippen molar-refractivity contribution in [2.75, 3.05) is 25.0 Å². The van der Waals surface area contributed by atoms with Gasteiger partial charge in [0.1, 0.15) is 5.69 Å². The number of amides is 2. The summed E-state index contributed by atoms with van der Waals surface area (Å²) in [5.41, 5.74) is 11.0. The number of piperazine rings is 1. The molecule has 0 spiro atoms. The van der Waals surface area contributed by atoms with Gasteiger partial charge in [0.15, 0.2) is 17.7 Å². The number of anilines is 2. The van der Waals surface area contributed by atoms with Crippen LogP contribution in [0.15, 0.2) is 43.0 Å². The number of H-pyrrole nitrogens is 1. The summed E-state index contributed by atoms with van der Waals surface area (Å²) in [6, 6.07) is 4.65. The second-order valence-corrected chi connectivity index (χ2v) is 11.4. The van der Waals surface area contributed by atoms with E-state index in [9.17, 15) is 27.6 Å². The number of ether oxygens (including phenoxy) is 1. The number of hydrogen-bond acceptors (Lipinski definition) is 10. The summed E-state index contributed by atoms with van der Waals surface area (Å²) < 4.78 is 47.2. The first-order chi connectivity index (χ1) is 21.9. The van der Waals surface area contributed by atoms with E-state index in [1.54, 1.807) is 6.07 Å². The average Bonchev–Trinajstić information content (AvgIpc) is 3.76. The Hall–Kier alpha value is -4.74. The number of hydrogen-bond donors (Lipinski definition) is 4. The molecule has 1 aromatic carbocycles. The number of benzene rings is 1. The van der Waals surface area contributed by atoms with Gasteiger partial charge in [-0.05, 0) is 37.5 Å². The van der Waals surface area contributed by atoms with Crippen LogP contribution in [0, 0.1) is 0 Å². The molecule has 18 heteroatoms. The van der Waals surface area contributed by atoms with Crippen molar-refractivity contribution in [1.29, 1.82) is 0 Å². The van der Waals surface area contributed by atoms with Gasteiger partial charge in [-0.3, -0.25) is 24.0 Å². The predicted molar refractivity (Wildman–Crippen MR) is 158 cm³/mol. The molecular weight excluding hydrogens is 633 g/mol. The lowest BCUT2D eigenvalue weighted by Gasteiger charge is -2.43. The lowest BCUT2D eigenvalue weighted by atomic mass is 10.1. The molecule has 6 N–H and O–H groups in total. The van der Waals surface area contributed by atoms with Crippen molar-refractivity contribution in [3.8, 4) is 11.3 Å². The minimum atomic E-state index is -4.65. The van der Waals surface area contributed by atoms with Gasteiger partial charge in [0, 0.05) is 43.3 Å². The number of nitrogens with two attached hydrogens (primary N) is 2. The number of primary amides is 1. The molecule has 1 unspecified atom stereocenters. The van der Waals surface area contributed by atoms with Crippen molar-refractivity contribution in [2.24, 2.45) is 11.5 Å². The molecule has 2 amide bonds. The van der Waals surface area contributed by atoms with Gasteiger partial charge in [-0.2, -0.15) is 18.3 Å². The summed E-state index contributed by atoms with van der Waals surface area (Å²) in [6.07, 6.45) is 1.98. The third-order valence-corrected chi connectivity index (χ3v) is 8.42. The van der Waals surface area contributed by atoms with Gasteiger partial charge in [-0.25, -0.2) is 14.8 Å². The molecule has 46 heavy (non-hydrogen) atoms. The zero-order valence-corrected chi connectivity index (χ0v) is 24.8. The van der Waals surface area contributed by atoms with E-state index in [1.165, 1.54) is 40.0 Å². The number of nitrogens with zero attached hydrogens (tertiary/aromatic N) is 6. The normalized spacial score (nSPS) is 20.6. The van der Waals surface area contributed by atoms with Gasteiger partial charge in [-0.1, -0.05) is 11.6 Å². The minimum Gasteiger partial charge on any atom is -0.437 e. The fraction of sp³-hybridized carbons (Fsp3) is 0.357. The number of imidazole rings is 1. The smallest absolute Gasteiger partial charge is 0.433 e. The van der Waals surface area contributed by atoms with Gasteiger partial charge in [0.25, 0.3) is 5.91 Å². The first-order valence-electron chi connectivity index (χ1n) is 14.2. The number of alkyl halides is 3. The highest BCUT2D eigenvalue weighted by atomic mass is 35.5. The molecule has 1 aliphatic heterocycles. The van der Waals surface area contributed by atoms with Crippen LogP contribution in [-0.2, 0) is 20.5 Å². The lowest BCUT2D eigenvalue weighted by molar-refractivity contribution is -0.172. The Labute approximate surface area is 263 Å². The molecule has 1 saturated carbocycles. The molecule has 1 aliphatic carbocycles. The van der Waals surface area contributed by atoms with Crippen molar-refractivity contribution in [1.82, 2.24) is 34.4 Å². The van der Waals surface area contributed by atoms with Crippen LogP contribution in [0.2, 0.25) is 5.02 Å². The van der Waals surface area contributed by atoms with Crippen LogP contribution >= 0.6 is 11.6 Å². The molecule has 3 aromatic heterocycles. The Bertz CT molecular complexity index is 1810. The van der Waals surface area contributed by atoms with E-state index in [2.05, 4.69) is 20.4 Å². The number of esters is 1. The van der Waals surface area contributed by atoms with Crippen LogP contribution < -0.4 is 16.8 Å². The number of halogens is 4. The minimum absolute atomic E-state index is 0.0131. The highest BCUT2D eigenvalue weighted by molar-refractivity contribution is 6.34. The van der Waals surface area contributed by atoms with Crippen molar-refractivity contribution in [2.45, 2.75) is 43.8 Å². The van der Waals surface area contributed by atoms with Gasteiger partial charge >= 0.3 is 18.1 Å². The maximum absolute atomic E-state index is 13.6. The van der Waals surface area contributed by atoms with Crippen molar-refractivity contribution >= 4 is 46.5 Å². The third-order valence-electron chi connectivity index (χ3n) is 8.11. The van der Waals surface area contributed by atoms with E-state index in [-0.39, 0.29) is 51.9 Å². The first kappa shape index (κ1) is 31.3. The molecule has 14 nitrogen and oxygen atoms in total. The second-order valence-electron chi connectivity index (χ2n) is 11.0. The number of carbonyl (C=O) groups is 3. The number of carbonyl (C=O) groups excluding carboxylic acids is 3. The topological polar surface area (TPSA) is 190 Å². The number of aromatic amines is 1. The summed E-state index contributed by atoms with van der Waals surface area (Å²) in [4.78, 5) is 49.0. The molecule has 2 aliphatic rings. The van der Waals surface area contributed by atoms with E-state index >= 15 is 0 Å². The fourth-order valence-corrected chi connectivity index (χ4v) is 6.18. The molecular formula is C28H28ClF3N10O4. The Morgan fingerprint density at radius 2 is 1.93 bits per heavy atom. The quantitative estimate of drug-likeness (QED) is 0.177. The Morgan fingerprint density at radius 3 is 2.63 bits per heavy atom. The number of aromatic nitrogens is 5. The fourth-order valence-electron chi connectivity index (χ4n) is 5.92. The van der Waals surface area contributed by atoms with E-state index in [0.29, 0.717) is 25.2 Å². The van der Waals surface area contributed by atoms with Crippen molar-refractivity contribution in [3.63, 3.8) is 0 Å². The standard InChI is InChI=1S/C28H28ClF3N10O4/c29-19-10-15(38-24-25-36-12-20(42(25)6-5-35-24)18-11-37-39-22(18)28(30,31)32)2-4-17(19)26(44)40-7-8-41(16-3-1-14(33)9-16)21(13-40)46-27(45)23(34)43/h2,4-6,10-12,14,16,21H,1,3,7-9,13,33H2,(H2,34,43)(H,35,38)(H,37,39)/t14-,16+,21?/m1/s1. The van der Waals surface area contributed by atoms with Crippen molar-refractivity contribution in [3.05, 3.63) is 59.3 Å². The zero-order valence-electron chi connectivity index (χ0n) is 24.0. The third kappa shape index (κ3) is 6.08. The molecule has 0 bridgehead atoms. The molecule has 6 rings (SSSR count). The van der Waals surface area contributed by atoms with Crippen LogP contribution in [0.25, 0.3) is 16.9 Å². The molecule has 242 valence electrons. The molecule has 1 saturated heterocycles. The zero-order chi connectivity index (χ0) is 32.7. The SMILES string of the molecule is NC(=O)C(=O)OC1CN(C(=O)c2ccc(Nc3nccn4c(-c5cn[nH]c5C(F)(F)F)cnc34)cc2Cl)CCN1[C@H]1CC[C@@H](N)C1. The molecule has 2 fully saturated rings. The summed E-state index contributed by atoms with van der Waals surface area (Å²) >= 11 is 6.55. The first-order valence-corrected chi connectivity index (χ1v) is 14.6. The number of fused-ring (bicyclic) bond motifs is 1. The van der Waals surface area contributed by atoms with Crippen LogP contribution in [0.1, 0.15) is 35.3 Å². The highest BCUT2D eigenvalue weighted by Crippen LogP contribution is 2.36. The second kappa shape index (κ2) is 12.2. The summed E-state index contributed by atoms with van der Waals surface area (Å²) in [5, 5.41) is 8.69. The Kier molecular flexibility index (Phi) is 8.30. The monoisotopic (exact) mass is 660 g/mol. The summed E-state index contributed by atoms with van der Waals surface area (Å²) in [7, 11) is 0.